The molecule has 0 heterocycles. The van der Waals surface area contributed by atoms with Gasteiger partial charge in [0.1, 0.15) is 0 Å². The summed E-state index contributed by atoms with van der Waals surface area (Å²) in [5, 5.41) is 23.3. The van der Waals surface area contributed by atoms with Crippen LogP contribution in [0.3, 0.4) is 0 Å². The fourth-order valence-corrected chi connectivity index (χ4v) is 3.71. The van der Waals surface area contributed by atoms with Gasteiger partial charge >= 0.3 is 0 Å². The number of carbonyl (C=O) groups excluding carboxylic acids is 1. The van der Waals surface area contributed by atoms with Crippen LogP contribution < -0.4 is 5.32 Å². The average Bonchev–Trinajstić information content (AvgIpc) is 2.70. The van der Waals surface area contributed by atoms with Crippen LogP contribution in [0, 0.1) is 17.8 Å². The molecule has 0 aliphatic heterocycles. The summed E-state index contributed by atoms with van der Waals surface area (Å²) in [7, 11) is 0. The van der Waals surface area contributed by atoms with Crippen LogP contribution in [-0.2, 0) is 10.4 Å². The van der Waals surface area contributed by atoms with Gasteiger partial charge in [0, 0.05) is 19.4 Å². The van der Waals surface area contributed by atoms with Crippen molar-refractivity contribution >= 4 is 5.78 Å². The van der Waals surface area contributed by atoms with Crippen LogP contribution in [0.5, 0.6) is 0 Å². The summed E-state index contributed by atoms with van der Waals surface area (Å²) in [5.41, 5.74) is -0.668. The summed E-state index contributed by atoms with van der Waals surface area (Å²) in [5.74, 6) is 5.89. The van der Waals surface area contributed by atoms with Crippen molar-refractivity contribution in [2.75, 3.05) is 19.7 Å². The normalized spacial score (nSPS) is 17.2. The van der Waals surface area contributed by atoms with Crippen LogP contribution >= 0.6 is 0 Å². The summed E-state index contributed by atoms with van der Waals surface area (Å²) in [6.45, 7) is 1.47. The highest BCUT2D eigenvalue weighted by Gasteiger charge is 2.44. The number of aliphatic hydroxyl groups is 2. The second-order valence-corrected chi connectivity index (χ2v) is 7.00. The van der Waals surface area contributed by atoms with E-state index < -0.39 is 5.60 Å². The Morgan fingerprint density at radius 1 is 1.15 bits per heavy atom. The Balaban J connectivity index is 1.97. The van der Waals surface area contributed by atoms with E-state index in [9.17, 15) is 9.90 Å². The lowest BCUT2D eigenvalue weighted by molar-refractivity contribution is -0.146. The van der Waals surface area contributed by atoms with Gasteiger partial charge in [0.05, 0.1) is 6.54 Å². The number of Topliss-reactive ketones (excluding diaryl/α,β-unsaturated/α-hetero) is 1. The molecule has 3 N–H and O–H groups in total. The van der Waals surface area contributed by atoms with Gasteiger partial charge in [0.25, 0.3) is 0 Å². The van der Waals surface area contributed by atoms with Crippen molar-refractivity contribution < 1.29 is 15.0 Å². The molecule has 142 valence electrons. The van der Waals surface area contributed by atoms with Crippen molar-refractivity contribution in [3.8, 4) is 11.8 Å². The van der Waals surface area contributed by atoms with Crippen molar-refractivity contribution in [2.45, 2.75) is 57.0 Å². The van der Waals surface area contributed by atoms with E-state index >= 15 is 0 Å². The number of benzene rings is 1. The molecular weight excluding hydrogens is 326 g/mol. The molecule has 1 aromatic carbocycles. The first-order valence-electron chi connectivity index (χ1n) is 9.78. The van der Waals surface area contributed by atoms with E-state index in [1.165, 1.54) is 6.42 Å². The summed E-state index contributed by atoms with van der Waals surface area (Å²) in [6, 6.07) is 9.40. The highest BCUT2D eigenvalue weighted by Crippen LogP contribution is 2.40. The van der Waals surface area contributed by atoms with E-state index in [4.69, 9.17) is 5.11 Å². The molecule has 0 radical (unpaired) electrons. The van der Waals surface area contributed by atoms with E-state index in [2.05, 4.69) is 17.2 Å². The van der Waals surface area contributed by atoms with Gasteiger partial charge in [0.2, 0.25) is 0 Å². The Morgan fingerprint density at radius 3 is 2.58 bits per heavy atom. The van der Waals surface area contributed by atoms with Crippen LogP contribution in [0.2, 0.25) is 0 Å². The number of aliphatic hydroxyl groups excluding tert-OH is 1. The predicted octanol–water partition coefficient (Wildman–Crippen LogP) is 2.78. The number of ketones is 1. The number of carbonyl (C=O) groups is 1. The first-order chi connectivity index (χ1) is 12.7. The SMILES string of the molecule is O=C(CCC#CCNCCCO)C(O)(c1ccccc1)C1CCCCC1. The van der Waals surface area contributed by atoms with Crippen LogP contribution in [0.25, 0.3) is 0 Å². The molecule has 26 heavy (non-hydrogen) atoms. The molecule has 0 spiro atoms. The summed E-state index contributed by atoms with van der Waals surface area (Å²) < 4.78 is 0. The maximum absolute atomic E-state index is 13.0. The molecule has 1 aliphatic rings. The highest BCUT2D eigenvalue weighted by molar-refractivity contribution is 5.88. The number of nitrogens with one attached hydrogen (secondary N) is 1. The average molecular weight is 357 g/mol. The Kier molecular flexibility index (Phi) is 8.84. The van der Waals surface area contributed by atoms with Crippen molar-refractivity contribution in [1.82, 2.24) is 5.32 Å². The molecule has 1 atom stereocenters. The molecule has 0 saturated heterocycles. The topological polar surface area (TPSA) is 69.6 Å². The summed E-state index contributed by atoms with van der Waals surface area (Å²) in [4.78, 5) is 13.0. The zero-order valence-electron chi connectivity index (χ0n) is 15.5. The lowest BCUT2D eigenvalue weighted by Gasteiger charge is -2.37. The van der Waals surface area contributed by atoms with Crippen molar-refractivity contribution in [3.05, 3.63) is 35.9 Å². The molecule has 1 unspecified atom stereocenters. The van der Waals surface area contributed by atoms with Gasteiger partial charge in [-0.3, -0.25) is 4.79 Å². The third-order valence-corrected chi connectivity index (χ3v) is 5.16. The van der Waals surface area contributed by atoms with E-state index in [-0.39, 0.29) is 24.7 Å². The third kappa shape index (κ3) is 5.67. The van der Waals surface area contributed by atoms with Gasteiger partial charge in [-0.05, 0) is 37.3 Å². The van der Waals surface area contributed by atoms with Crippen LogP contribution in [0.4, 0.5) is 0 Å². The van der Waals surface area contributed by atoms with Gasteiger partial charge in [0.15, 0.2) is 11.4 Å². The van der Waals surface area contributed by atoms with Gasteiger partial charge in [-0.2, -0.15) is 0 Å². The predicted molar refractivity (Wildman–Crippen MR) is 104 cm³/mol. The van der Waals surface area contributed by atoms with Gasteiger partial charge in [-0.15, -0.1) is 5.92 Å². The van der Waals surface area contributed by atoms with Crippen LogP contribution in [0.15, 0.2) is 30.3 Å². The first kappa shape index (κ1) is 20.6. The maximum atomic E-state index is 13.0. The van der Waals surface area contributed by atoms with Gasteiger partial charge in [-0.1, -0.05) is 55.5 Å². The number of hydrogen-bond acceptors (Lipinski definition) is 4. The van der Waals surface area contributed by atoms with Crippen molar-refractivity contribution in [2.24, 2.45) is 5.92 Å². The lowest BCUT2D eigenvalue weighted by Crippen LogP contribution is -2.44. The largest absolute Gasteiger partial charge is 0.396 e. The molecule has 1 aliphatic carbocycles. The molecule has 0 bridgehead atoms. The van der Waals surface area contributed by atoms with E-state index in [0.717, 1.165) is 37.8 Å². The molecule has 4 nitrogen and oxygen atoms in total. The molecular formula is C22H31NO3. The summed E-state index contributed by atoms with van der Waals surface area (Å²) in [6.07, 6.45) is 6.58. The Morgan fingerprint density at radius 2 is 1.88 bits per heavy atom. The minimum Gasteiger partial charge on any atom is -0.396 e. The zero-order valence-corrected chi connectivity index (χ0v) is 15.5. The quantitative estimate of drug-likeness (QED) is 0.469. The maximum Gasteiger partial charge on any atom is 0.170 e. The second-order valence-electron chi connectivity index (χ2n) is 7.00. The molecule has 1 fully saturated rings. The fraction of sp³-hybridized carbons (Fsp3) is 0.591. The Labute approximate surface area is 157 Å². The third-order valence-electron chi connectivity index (χ3n) is 5.16. The molecule has 2 rings (SSSR count). The molecule has 0 aromatic heterocycles. The van der Waals surface area contributed by atoms with Gasteiger partial charge in [-0.25, -0.2) is 0 Å². The smallest absolute Gasteiger partial charge is 0.170 e. The van der Waals surface area contributed by atoms with E-state index in [1.54, 1.807) is 0 Å². The van der Waals surface area contributed by atoms with Crippen molar-refractivity contribution in [1.29, 1.82) is 0 Å². The highest BCUT2D eigenvalue weighted by atomic mass is 16.3. The fourth-order valence-electron chi connectivity index (χ4n) is 3.71. The Bertz CT molecular complexity index is 599. The second kappa shape index (κ2) is 11.1. The minimum atomic E-state index is -1.39. The zero-order chi connectivity index (χ0) is 18.7. The van der Waals surface area contributed by atoms with Crippen LogP contribution in [-0.4, -0.2) is 35.7 Å². The standard InChI is InChI=1S/C22H31NO3/c24-18-10-17-23-16-9-3-8-15-21(25)22(26,19-11-4-1-5-12-19)20-13-6-2-7-14-20/h1,4-5,11-12,20,23-24,26H,2,6-8,10,13-18H2. The minimum absolute atomic E-state index is 0.000687. The molecule has 4 heteroatoms. The Hall–Kier alpha value is -1.67. The number of hydrogen-bond donors (Lipinski definition) is 3. The first-order valence-corrected chi connectivity index (χ1v) is 9.78. The number of rotatable bonds is 9. The van der Waals surface area contributed by atoms with Gasteiger partial charge < -0.3 is 15.5 Å². The monoisotopic (exact) mass is 357 g/mol. The lowest BCUT2D eigenvalue weighted by atomic mass is 9.70. The van der Waals surface area contributed by atoms with Crippen LogP contribution in [0.1, 0.15) is 56.9 Å². The van der Waals surface area contributed by atoms with E-state index in [0.29, 0.717) is 19.4 Å². The summed E-state index contributed by atoms with van der Waals surface area (Å²) >= 11 is 0. The van der Waals surface area contributed by atoms with E-state index in [1.807, 2.05) is 30.3 Å². The molecule has 1 saturated carbocycles. The molecule has 0 amide bonds. The molecule has 1 aromatic rings. The van der Waals surface area contributed by atoms with Crippen molar-refractivity contribution in [3.63, 3.8) is 0 Å².